The Labute approximate surface area is 740 Å². The highest BCUT2D eigenvalue weighted by Crippen LogP contribution is 2.49. The summed E-state index contributed by atoms with van der Waals surface area (Å²) in [5.41, 5.74) is 2.51. The second kappa shape index (κ2) is 73.5. The highest BCUT2D eigenvalue weighted by atomic mass is 31.2. The van der Waals surface area contributed by atoms with Crippen LogP contribution in [0.1, 0.15) is 424 Å². The second-order valence-electron chi connectivity index (χ2n) is 35.0. The number of nitrogens with one attached hydrogen (secondary N) is 3. The van der Waals surface area contributed by atoms with Crippen LogP contribution in [-0.2, 0) is 90.2 Å². The van der Waals surface area contributed by atoms with E-state index < -0.39 is 80.6 Å². The molecular weight excluding hydrogens is 1550 g/mol. The maximum atomic E-state index is 15.7. The van der Waals surface area contributed by atoms with Gasteiger partial charge < -0.3 is 49.3 Å². The zero-order valence-electron chi connectivity index (χ0n) is 77.4. The van der Waals surface area contributed by atoms with Gasteiger partial charge in [-0.3, -0.25) is 37.8 Å². The van der Waals surface area contributed by atoms with Crippen molar-refractivity contribution in [2.45, 2.75) is 482 Å². The fourth-order valence-electron chi connectivity index (χ4n) is 16.4. The molecule has 19 nitrogen and oxygen atoms in total. The van der Waals surface area contributed by atoms with Crippen molar-refractivity contribution >= 4 is 43.5 Å². The van der Waals surface area contributed by atoms with E-state index >= 15 is 14.2 Å². The Morgan fingerprint density at radius 1 is 0.377 bits per heavy atom. The van der Waals surface area contributed by atoms with Gasteiger partial charge in [0.25, 0.3) is 0 Å². The molecule has 1 heterocycles. The summed E-state index contributed by atoms with van der Waals surface area (Å²) in [7, 11) is -5.30. The molecule has 4 N–H and O–H groups in total. The number of amides is 3. The van der Waals surface area contributed by atoms with Gasteiger partial charge in [0.05, 0.1) is 51.2 Å². The normalized spacial score (nSPS) is 16.5. The molecule has 0 aliphatic carbocycles. The molecule has 4 rings (SSSR count). The van der Waals surface area contributed by atoms with Crippen LogP contribution in [-0.4, -0.2) is 115 Å². The topological polar surface area (TPSA) is 250 Å². The van der Waals surface area contributed by atoms with Crippen LogP contribution in [0.15, 0.2) is 91.0 Å². The predicted molar refractivity (Wildman–Crippen MR) is 494 cm³/mol. The number of hydrogen-bond acceptors (Lipinski definition) is 15. The molecule has 122 heavy (non-hydrogen) atoms. The molecule has 0 bridgehead atoms. The van der Waals surface area contributed by atoms with E-state index in [1.807, 2.05) is 91.0 Å². The molecule has 1 saturated heterocycles. The van der Waals surface area contributed by atoms with E-state index in [4.69, 9.17) is 37.5 Å². The number of carbonyl (C=O) groups excluding carboxylic acids is 6. The van der Waals surface area contributed by atoms with E-state index in [2.05, 4.69) is 57.5 Å². The lowest BCUT2D eigenvalue weighted by atomic mass is 9.93. The number of esters is 3. The molecule has 3 aromatic rings. The van der Waals surface area contributed by atoms with Crippen LogP contribution < -0.4 is 16.0 Å². The Bertz CT molecular complexity index is 3060. The van der Waals surface area contributed by atoms with Crippen LogP contribution in [0.2, 0.25) is 0 Å². The van der Waals surface area contributed by atoms with Gasteiger partial charge in [0.2, 0.25) is 17.7 Å². The Balaban J connectivity index is 1.87. The number of phosphoric acid groups is 1. The molecule has 1 unspecified atom stereocenters. The Morgan fingerprint density at radius 2 is 0.680 bits per heavy atom. The van der Waals surface area contributed by atoms with Crippen molar-refractivity contribution in [2.75, 3.05) is 19.8 Å². The summed E-state index contributed by atoms with van der Waals surface area (Å²) in [5.74, 6) is -2.63. The Hall–Kier alpha value is -5.53. The van der Waals surface area contributed by atoms with Crippen molar-refractivity contribution in [3.05, 3.63) is 108 Å². The maximum absolute atomic E-state index is 15.7. The summed E-state index contributed by atoms with van der Waals surface area (Å²) in [4.78, 5) is 99.9. The van der Waals surface area contributed by atoms with E-state index in [1.165, 1.54) is 109 Å². The average molecular weight is 1730 g/mol. The third-order valence-electron chi connectivity index (χ3n) is 23.6. The quantitative estimate of drug-likeness (QED) is 0.0177. The number of ether oxygens (including phenoxy) is 6. The van der Waals surface area contributed by atoms with Gasteiger partial charge in [-0.25, -0.2) is 4.57 Å². The monoisotopic (exact) mass is 1730 g/mol. The molecule has 1 aliphatic heterocycles. The van der Waals surface area contributed by atoms with Crippen molar-refractivity contribution < 1.29 is 75.7 Å². The molecule has 9 atom stereocenters. The number of unbranched alkanes of at least 4 members (excludes halogenated alkanes) is 42. The predicted octanol–water partition coefficient (Wildman–Crippen LogP) is 25.5. The van der Waals surface area contributed by atoms with Crippen LogP contribution in [0.5, 0.6) is 0 Å². The van der Waals surface area contributed by atoms with Gasteiger partial charge in [-0.2, -0.15) is 0 Å². The SMILES string of the molecule is CCCCCCCCCCC[C@H](CC(=O)NCCO[C@@H]1O[C@H](COCc2ccccc2)[C@@H](OP(=O)(O)OC(Cc2ccccc2)Cc2ccccc2)[C@@H](NC(=O)C[C@@H](CCCCCCCCCCC)OC(=O)CCCCCCCCC)[C@H]1NC(=O)C[C@@H](CCCCCCCCCCC)OC(=O)CCCCCCCCC)OC(=O)CCCCCCCCC. The summed E-state index contributed by atoms with van der Waals surface area (Å²) < 4.78 is 67.8. The molecular formula is C102H172N3O16P. The smallest absolute Gasteiger partial charge is 0.462 e. The van der Waals surface area contributed by atoms with E-state index in [0.717, 1.165) is 190 Å². The van der Waals surface area contributed by atoms with E-state index in [-0.39, 0.29) is 95.6 Å². The molecule has 1 fully saturated rings. The number of phosphoric ester groups is 1. The minimum atomic E-state index is -5.30. The standard InChI is InChI=1S/C102H172N3O16P/c1-7-13-19-25-31-34-40-43-58-70-88(116-96(109)73-61-46-37-28-22-16-10-4)80-93(106)103-76-77-115-102-100(105-95(108)82-90(72-60-45-42-36-33-27-21-15-9-3)118-98(111)75-63-48-39-30-24-18-12-6)99(104-94(107)81-89(71-59-44-41-35-32-26-20-14-8-2)117-97(110)74-62-47-38-29-23-17-11-5)101(92(119-102)84-114-83-87-68-56-51-57-69-87)121-122(112,113)120-91(78-85-64-52-49-53-65-85)79-86-66-54-50-55-67-86/h49-57,64-69,88-92,99-102H,7-48,58-63,70-84H2,1-6H3,(H,103,106)(H,104,107)(H,105,108)(H,112,113)/t88-,89-,90-,92-,99+,100-,101-,102-/m1/s1. The summed E-state index contributed by atoms with van der Waals surface area (Å²) in [6.07, 6.45) is 44.9. The lowest BCUT2D eigenvalue weighted by Crippen LogP contribution is -2.70. The molecule has 0 spiro atoms. The molecule has 20 heteroatoms. The van der Waals surface area contributed by atoms with Gasteiger partial charge in [0, 0.05) is 25.8 Å². The van der Waals surface area contributed by atoms with Gasteiger partial charge in [-0.15, -0.1) is 0 Å². The first-order valence-corrected chi connectivity index (χ1v) is 51.2. The first kappa shape index (κ1) is 109. The van der Waals surface area contributed by atoms with E-state index in [0.29, 0.717) is 44.9 Å². The molecule has 0 saturated carbocycles. The zero-order chi connectivity index (χ0) is 87.8. The maximum Gasteiger partial charge on any atom is 0.472 e. The van der Waals surface area contributed by atoms with Crippen molar-refractivity contribution in [1.82, 2.24) is 16.0 Å². The summed E-state index contributed by atoms with van der Waals surface area (Å²) in [6.45, 7) is 12.7. The van der Waals surface area contributed by atoms with Crippen LogP contribution in [0.25, 0.3) is 0 Å². The third kappa shape index (κ3) is 56.5. The van der Waals surface area contributed by atoms with Crippen molar-refractivity contribution in [1.29, 1.82) is 0 Å². The van der Waals surface area contributed by atoms with Gasteiger partial charge in [-0.1, -0.05) is 402 Å². The minimum Gasteiger partial charge on any atom is -0.462 e. The summed E-state index contributed by atoms with van der Waals surface area (Å²) in [6, 6.07) is 25.6. The van der Waals surface area contributed by atoms with Crippen molar-refractivity contribution in [2.24, 2.45) is 0 Å². The number of carbonyl (C=O) groups is 6. The molecule has 3 aromatic carbocycles. The van der Waals surface area contributed by atoms with Crippen LogP contribution in [0, 0.1) is 0 Å². The van der Waals surface area contributed by atoms with Crippen molar-refractivity contribution in [3.8, 4) is 0 Å². The number of rotatable bonds is 81. The molecule has 3 amide bonds. The van der Waals surface area contributed by atoms with Gasteiger partial charge in [0.15, 0.2) is 6.29 Å². The fourth-order valence-corrected chi connectivity index (χ4v) is 17.6. The van der Waals surface area contributed by atoms with Gasteiger partial charge >= 0.3 is 25.7 Å². The average Bonchev–Trinajstić information content (AvgIpc) is 0.774. The van der Waals surface area contributed by atoms with Crippen LogP contribution >= 0.6 is 7.82 Å². The van der Waals surface area contributed by atoms with E-state index in [1.54, 1.807) is 0 Å². The van der Waals surface area contributed by atoms with E-state index in [9.17, 15) is 24.1 Å². The highest BCUT2D eigenvalue weighted by molar-refractivity contribution is 7.47. The first-order chi connectivity index (χ1) is 59.6. The second-order valence-corrected chi connectivity index (χ2v) is 36.4. The molecule has 696 valence electrons. The molecule has 1 aliphatic rings. The highest BCUT2D eigenvalue weighted by Gasteiger charge is 2.52. The molecule has 0 aromatic heterocycles. The number of hydrogen-bond donors (Lipinski definition) is 4. The van der Waals surface area contributed by atoms with Crippen LogP contribution in [0.4, 0.5) is 0 Å². The number of benzene rings is 3. The van der Waals surface area contributed by atoms with Crippen LogP contribution in [0.3, 0.4) is 0 Å². The minimum absolute atomic E-state index is 0.0631. The lowest BCUT2D eigenvalue weighted by molar-refractivity contribution is -0.250. The zero-order valence-corrected chi connectivity index (χ0v) is 78.3. The Kier molecular flexibility index (Phi) is 65.6. The van der Waals surface area contributed by atoms with Crippen molar-refractivity contribution in [3.63, 3.8) is 0 Å². The first-order valence-electron chi connectivity index (χ1n) is 49.7. The lowest BCUT2D eigenvalue weighted by Gasteiger charge is -2.47. The molecule has 0 radical (unpaired) electrons. The third-order valence-corrected chi connectivity index (χ3v) is 24.7. The van der Waals surface area contributed by atoms with Gasteiger partial charge in [0.1, 0.15) is 36.6 Å². The fraction of sp³-hybridized carbons (Fsp3) is 0.765. The largest absolute Gasteiger partial charge is 0.472 e. The summed E-state index contributed by atoms with van der Waals surface area (Å²) >= 11 is 0. The summed E-state index contributed by atoms with van der Waals surface area (Å²) in [5, 5.41) is 9.40. The van der Waals surface area contributed by atoms with Gasteiger partial charge in [-0.05, 0) is 87.3 Å². The Morgan fingerprint density at radius 3 is 1.02 bits per heavy atom.